The zero-order valence-corrected chi connectivity index (χ0v) is 17.3. The van der Waals surface area contributed by atoms with Gasteiger partial charge in [-0.3, -0.25) is 4.79 Å². The van der Waals surface area contributed by atoms with E-state index in [9.17, 15) is 13.2 Å². The van der Waals surface area contributed by atoms with E-state index in [1.807, 2.05) is 24.3 Å². The van der Waals surface area contributed by atoms with Gasteiger partial charge in [0.2, 0.25) is 15.9 Å². The van der Waals surface area contributed by atoms with Crippen LogP contribution in [0.3, 0.4) is 0 Å². The highest BCUT2D eigenvalue weighted by molar-refractivity contribution is 9.10. The minimum atomic E-state index is -3.71. The van der Waals surface area contributed by atoms with Gasteiger partial charge in [-0.05, 0) is 54.8 Å². The van der Waals surface area contributed by atoms with Gasteiger partial charge in [0.15, 0.2) is 0 Å². The molecule has 1 aliphatic heterocycles. The van der Waals surface area contributed by atoms with Crippen LogP contribution in [0.5, 0.6) is 5.75 Å². The van der Waals surface area contributed by atoms with Gasteiger partial charge in [0.05, 0.1) is 12.0 Å². The number of amides is 1. The number of rotatable bonds is 6. The first-order valence-electron chi connectivity index (χ1n) is 8.60. The molecule has 2 aromatic rings. The van der Waals surface area contributed by atoms with Crippen LogP contribution < -0.4 is 10.1 Å². The maximum atomic E-state index is 12.9. The Morgan fingerprint density at radius 3 is 2.48 bits per heavy atom. The number of carbonyl (C=O) groups excluding carboxylic acids is 1. The number of nitrogens with zero attached hydrogens (tertiary/aromatic N) is 1. The maximum Gasteiger partial charge on any atom is 0.243 e. The fourth-order valence-electron chi connectivity index (χ4n) is 3.08. The zero-order chi connectivity index (χ0) is 19.4. The molecule has 3 rings (SSSR count). The average molecular weight is 453 g/mol. The molecular formula is C19H21BrN2O4S. The Hall–Kier alpha value is -1.90. The molecule has 0 radical (unpaired) electrons. The number of carbonyl (C=O) groups is 1. The van der Waals surface area contributed by atoms with E-state index in [1.54, 1.807) is 31.4 Å². The van der Waals surface area contributed by atoms with E-state index < -0.39 is 16.1 Å². The summed E-state index contributed by atoms with van der Waals surface area (Å²) in [7, 11) is -2.11. The molecule has 144 valence electrons. The Morgan fingerprint density at radius 1 is 1.19 bits per heavy atom. The van der Waals surface area contributed by atoms with E-state index >= 15 is 0 Å². The van der Waals surface area contributed by atoms with Gasteiger partial charge in [-0.1, -0.05) is 28.1 Å². The third-order valence-electron chi connectivity index (χ3n) is 4.55. The van der Waals surface area contributed by atoms with Crippen molar-refractivity contribution in [3.05, 3.63) is 58.6 Å². The number of nitrogens with one attached hydrogen (secondary N) is 1. The third kappa shape index (κ3) is 4.51. The fourth-order valence-corrected chi connectivity index (χ4v) is 5.00. The van der Waals surface area contributed by atoms with Crippen LogP contribution in [0.25, 0.3) is 0 Å². The number of hydrogen-bond acceptors (Lipinski definition) is 4. The van der Waals surface area contributed by atoms with Crippen molar-refractivity contribution in [3.63, 3.8) is 0 Å². The van der Waals surface area contributed by atoms with Gasteiger partial charge >= 0.3 is 0 Å². The summed E-state index contributed by atoms with van der Waals surface area (Å²) >= 11 is 3.30. The van der Waals surface area contributed by atoms with Gasteiger partial charge in [0.1, 0.15) is 11.8 Å². The lowest BCUT2D eigenvalue weighted by molar-refractivity contribution is -0.124. The van der Waals surface area contributed by atoms with Crippen LogP contribution in [0.1, 0.15) is 18.4 Å². The Labute approximate surface area is 167 Å². The molecule has 0 aromatic heterocycles. The summed E-state index contributed by atoms with van der Waals surface area (Å²) in [5.74, 6) is 0.469. The highest BCUT2D eigenvalue weighted by Gasteiger charge is 2.39. The molecule has 1 fully saturated rings. The van der Waals surface area contributed by atoms with E-state index in [1.165, 1.54) is 4.31 Å². The molecule has 1 unspecified atom stereocenters. The van der Waals surface area contributed by atoms with E-state index in [-0.39, 0.29) is 10.8 Å². The molecule has 1 saturated heterocycles. The van der Waals surface area contributed by atoms with Gasteiger partial charge in [-0.25, -0.2) is 8.42 Å². The lowest BCUT2D eigenvalue weighted by Gasteiger charge is -2.23. The van der Waals surface area contributed by atoms with Crippen molar-refractivity contribution in [1.82, 2.24) is 9.62 Å². The smallest absolute Gasteiger partial charge is 0.243 e. The van der Waals surface area contributed by atoms with Gasteiger partial charge in [0, 0.05) is 17.6 Å². The van der Waals surface area contributed by atoms with Crippen LogP contribution in [-0.2, 0) is 21.4 Å². The fraction of sp³-hybridized carbons (Fsp3) is 0.316. The quantitative estimate of drug-likeness (QED) is 0.730. The Balaban J connectivity index is 1.69. The standard InChI is InChI=1S/C19H21BrN2O4S/c1-26-16-8-4-14(5-9-16)13-21-19(23)18-3-2-12-22(18)27(24,25)17-10-6-15(20)7-11-17/h4-11,18H,2-3,12-13H2,1H3,(H,21,23). The summed E-state index contributed by atoms with van der Waals surface area (Å²) in [4.78, 5) is 12.8. The van der Waals surface area contributed by atoms with Crippen LogP contribution >= 0.6 is 15.9 Å². The van der Waals surface area contributed by atoms with Gasteiger partial charge < -0.3 is 10.1 Å². The van der Waals surface area contributed by atoms with Crippen molar-refractivity contribution in [2.75, 3.05) is 13.7 Å². The second-order valence-electron chi connectivity index (χ2n) is 6.29. The first-order valence-corrected chi connectivity index (χ1v) is 10.8. The SMILES string of the molecule is COc1ccc(CNC(=O)C2CCCN2S(=O)(=O)c2ccc(Br)cc2)cc1. The molecule has 27 heavy (non-hydrogen) atoms. The molecule has 2 aromatic carbocycles. The van der Waals surface area contributed by atoms with E-state index in [0.717, 1.165) is 15.8 Å². The molecule has 1 atom stereocenters. The third-order valence-corrected chi connectivity index (χ3v) is 7.00. The summed E-state index contributed by atoms with van der Waals surface area (Å²) in [5.41, 5.74) is 0.921. The van der Waals surface area contributed by atoms with Crippen molar-refractivity contribution >= 4 is 31.9 Å². The molecule has 0 saturated carbocycles. The number of hydrogen-bond donors (Lipinski definition) is 1. The van der Waals surface area contributed by atoms with E-state index in [2.05, 4.69) is 21.2 Å². The first-order chi connectivity index (χ1) is 12.9. The molecular weight excluding hydrogens is 432 g/mol. The Bertz CT molecular complexity index is 898. The lowest BCUT2D eigenvalue weighted by atomic mass is 10.2. The van der Waals surface area contributed by atoms with Crippen molar-refractivity contribution in [2.45, 2.75) is 30.3 Å². The number of halogens is 1. The first kappa shape index (κ1) is 19.9. The molecule has 8 heteroatoms. The predicted molar refractivity (Wildman–Crippen MR) is 106 cm³/mol. The highest BCUT2D eigenvalue weighted by atomic mass is 79.9. The topological polar surface area (TPSA) is 75.7 Å². The molecule has 6 nitrogen and oxygen atoms in total. The van der Waals surface area contributed by atoms with Crippen molar-refractivity contribution in [2.24, 2.45) is 0 Å². The van der Waals surface area contributed by atoms with Crippen LogP contribution in [0.15, 0.2) is 57.9 Å². The highest BCUT2D eigenvalue weighted by Crippen LogP contribution is 2.27. The molecule has 1 amide bonds. The molecule has 1 N–H and O–H groups in total. The van der Waals surface area contributed by atoms with Crippen LogP contribution in [0, 0.1) is 0 Å². The number of methoxy groups -OCH3 is 1. The molecule has 0 bridgehead atoms. The average Bonchev–Trinajstić information content (AvgIpc) is 3.18. The Kier molecular flexibility index (Phi) is 6.18. The summed E-state index contributed by atoms with van der Waals surface area (Å²) < 4.78 is 33.1. The molecule has 1 aliphatic rings. The molecule has 1 heterocycles. The van der Waals surface area contributed by atoms with E-state index in [0.29, 0.717) is 25.9 Å². The van der Waals surface area contributed by atoms with Gasteiger partial charge in [-0.2, -0.15) is 4.31 Å². The van der Waals surface area contributed by atoms with Crippen LogP contribution in [-0.4, -0.2) is 38.3 Å². The molecule has 0 aliphatic carbocycles. The summed E-state index contributed by atoms with van der Waals surface area (Å²) in [6.45, 7) is 0.685. The zero-order valence-electron chi connectivity index (χ0n) is 14.9. The molecule has 0 spiro atoms. The Morgan fingerprint density at radius 2 is 1.85 bits per heavy atom. The van der Waals surface area contributed by atoms with Gasteiger partial charge in [0.25, 0.3) is 0 Å². The predicted octanol–water partition coefficient (Wildman–Crippen LogP) is 2.93. The van der Waals surface area contributed by atoms with Gasteiger partial charge in [-0.15, -0.1) is 0 Å². The minimum Gasteiger partial charge on any atom is -0.497 e. The van der Waals surface area contributed by atoms with Crippen LogP contribution in [0.2, 0.25) is 0 Å². The second kappa shape index (κ2) is 8.41. The van der Waals surface area contributed by atoms with Crippen molar-refractivity contribution in [1.29, 1.82) is 0 Å². The number of sulfonamides is 1. The van der Waals surface area contributed by atoms with Crippen molar-refractivity contribution < 1.29 is 17.9 Å². The monoisotopic (exact) mass is 452 g/mol. The van der Waals surface area contributed by atoms with E-state index in [4.69, 9.17) is 4.74 Å². The largest absolute Gasteiger partial charge is 0.497 e. The summed E-state index contributed by atoms with van der Waals surface area (Å²) in [6, 6.07) is 13.1. The number of ether oxygens (including phenoxy) is 1. The maximum absolute atomic E-state index is 12.9. The summed E-state index contributed by atoms with van der Waals surface area (Å²) in [5, 5.41) is 2.85. The lowest BCUT2D eigenvalue weighted by Crippen LogP contribution is -2.45. The summed E-state index contributed by atoms with van der Waals surface area (Å²) in [6.07, 6.45) is 1.18. The van der Waals surface area contributed by atoms with Crippen LogP contribution in [0.4, 0.5) is 0 Å². The second-order valence-corrected chi connectivity index (χ2v) is 9.10. The minimum absolute atomic E-state index is 0.195. The van der Waals surface area contributed by atoms with Crippen molar-refractivity contribution in [3.8, 4) is 5.75 Å². The number of benzene rings is 2. The normalized spacial score (nSPS) is 17.6.